The van der Waals surface area contributed by atoms with Crippen LogP contribution >= 0.6 is 0 Å². The highest BCUT2D eigenvalue weighted by atomic mass is 16.7. The van der Waals surface area contributed by atoms with Gasteiger partial charge in [-0.25, -0.2) is 0 Å². The van der Waals surface area contributed by atoms with Crippen molar-refractivity contribution < 1.29 is 9.57 Å². The largest absolute Gasteiger partial charge is 0.388 e. The second-order valence-electron chi connectivity index (χ2n) is 7.80. The molecule has 3 heterocycles. The first kappa shape index (κ1) is 15.4. The summed E-state index contributed by atoms with van der Waals surface area (Å²) < 4.78 is 7.75. The van der Waals surface area contributed by atoms with Crippen LogP contribution < -0.4 is 0 Å². The van der Waals surface area contributed by atoms with Crippen LogP contribution in [0.2, 0.25) is 0 Å². The van der Waals surface area contributed by atoms with E-state index in [1.54, 1.807) is 0 Å². The fraction of sp³-hybridized carbons (Fsp3) is 0.600. The second kappa shape index (κ2) is 5.84. The molecule has 0 N–H and O–H groups in total. The fourth-order valence-electron chi connectivity index (χ4n) is 4.59. The Morgan fingerprint density at radius 1 is 1.16 bits per heavy atom. The summed E-state index contributed by atoms with van der Waals surface area (Å²) >= 11 is 0. The molecule has 1 aliphatic carbocycles. The molecule has 1 saturated heterocycles. The van der Waals surface area contributed by atoms with Crippen molar-refractivity contribution in [3.63, 3.8) is 0 Å². The van der Waals surface area contributed by atoms with Gasteiger partial charge < -0.3 is 9.57 Å². The molecular weight excluding hydrogens is 314 g/mol. The van der Waals surface area contributed by atoms with Gasteiger partial charge in [0.25, 0.3) is 0 Å². The Labute approximate surface area is 148 Å². The van der Waals surface area contributed by atoms with E-state index in [-0.39, 0.29) is 5.60 Å². The van der Waals surface area contributed by atoms with Crippen molar-refractivity contribution in [1.82, 2.24) is 9.78 Å². The summed E-state index contributed by atoms with van der Waals surface area (Å²) in [6, 6.07) is 7.20. The lowest BCUT2D eigenvalue weighted by Crippen LogP contribution is -2.36. The molecular formula is C20H25N3O2. The van der Waals surface area contributed by atoms with E-state index in [0.717, 1.165) is 43.9 Å². The second-order valence-corrected chi connectivity index (χ2v) is 7.80. The van der Waals surface area contributed by atoms with Crippen LogP contribution in [0.4, 0.5) is 0 Å². The van der Waals surface area contributed by atoms with Crippen molar-refractivity contribution in [2.45, 2.75) is 63.5 Å². The number of fused-ring (bicyclic) bond motifs is 1. The van der Waals surface area contributed by atoms with Gasteiger partial charge in [0.1, 0.15) is 5.60 Å². The van der Waals surface area contributed by atoms with Gasteiger partial charge in [0, 0.05) is 30.2 Å². The van der Waals surface area contributed by atoms with Crippen LogP contribution in [0.3, 0.4) is 0 Å². The number of benzene rings is 1. The summed E-state index contributed by atoms with van der Waals surface area (Å²) in [4.78, 5) is 5.88. The van der Waals surface area contributed by atoms with Crippen LogP contribution in [-0.2, 0) is 9.57 Å². The Bertz CT molecular complexity index is 827. The highest BCUT2D eigenvalue weighted by Crippen LogP contribution is 2.37. The van der Waals surface area contributed by atoms with Gasteiger partial charge in [-0.2, -0.15) is 5.10 Å². The fourth-order valence-corrected chi connectivity index (χ4v) is 4.59. The van der Waals surface area contributed by atoms with Crippen molar-refractivity contribution in [1.29, 1.82) is 0 Å². The molecule has 0 radical (unpaired) electrons. The van der Waals surface area contributed by atoms with Crippen molar-refractivity contribution >= 4 is 16.6 Å². The number of aryl methyl sites for hydroxylation is 1. The molecule has 0 unspecified atom stereocenters. The zero-order chi connectivity index (χ0) is 16.9. The third-order valence-corrected chi connectivity index (χ3v) is 6.14. The molecule has 5 rings (SSSR count). The maximum atomic E-state index is 5.88. The van der Waals surface area contributed by atoms with Crippen molar-refractivity contribution in [2.24, 2.45) is 5.16 Å². The van der Waals surface area contributed by atoms with Gasteiger partial charge in [-0.1, -0.05) is 30.1 Å². The molecule has 1 aromatic heterocycles. The lowest BCUT2D eigenvalue weighted by atomic mass is 9.87. The summed E-state index contributed by atoms with van der Waals surface area (Å²) in [6.07, 6.45) is 7.87. The summed E-state index contributed by atoms with van der Waals surface area (Å²) in [5, 5.41) is 10.6. The molecule has 2 aromatic rings. The van der Waals surface area contributed by atoms with Gasteiger partial charge in [0.15, 0.2) is 0 Å². The van der Waals surface area contributed by atoms with E-state index in [1.807, 2.05) is 0 Å². The summed E-state index contributed by atoms with van der Waals surface area (Å²) in [5.41, 5.74) is 4.48. The standard InChI is InChI=1S/C20H25N3O2/c1-14-17-7-6-15(12-19(17)23(21-14)16-4-2-3-5-16)18-13-20(25-22-18)8-10-24-11-9-20/h6-7,12,16H,2-5,8-11,13H2,1H3. The van der Waals surface area contributed by atoms with Gasteiger partial charge in [-0.15, -0.1) is 0 Å². The lowest BCUT2D eigenvalue weighted by Gasteiger charge is -2.30. The molecule has 1 spiro atoms. The number of hydrogen-bond acceptors (Lipinski definition) is 4. The molecule has 3 aliphatic rings. The number of hydrogen-bond donors (Lipinski definition) is 0. The molecule has 1 aromatic carbocycles. The first-order valence-corrected chi connectivity index (χ1v) is 9.56. The Hall–Kier alpha value is -1.88. The monoisotopic (exact) mass is 339 g/mol. The average Bonchev–Trinajstić information content (AvgIpc) is 3.36. The Balaban J connectivity index is 1.49. The number of ether oxygens (including phenoxy) is 1. The van der Waals surface area contributed by atoms with E-state index in [0.29, 0.717) is 6.04 Å². The van der Waals surface area contributed by atoms with Gasteiger partial charge in [0.2, 0.25) is 0 Å². The minimum Gasteiger partial charge on any atom is -0.388 e. The average molecular weight is 339 g/mol. The molecule has 132 valence electrons. The van der Waals surface area contributed by atoms with Gasteiger partial charge >= 0.3 is 0 Å². The van der Waals surface area contributed by atoms with Crippen LogP contribution in [0, 0.1) is 6.92 Å². The predicted molar refractivity (Wildman–Crippen MR) is 97.0 cm³/mol. The van der Waals surface area contributed by atoms with Crippen LogP contribution in [0.25, 0.3) is 10.9 Å². The van der Waals surface area contributed by atoms with Crippen molar-refractivity contribution in [3.05, 3.63) is 29.5 Å². The minimum absolute atomic E-state index is 0.135. The van der Waals surface area contributed by atoms with Crippen LogP contribution in [-0.4, -0.2) is 34.3 Å². The minimum atomic E-state index is -0.135. The van der Waals surface area contributed by atoms with E-state index < -0.39 is 0 Å². The van der Waals surface area contributed by atoms with E-state index in [2.05, 4.69) is 35.0 Å². The summed E-state index contributed by atoms with van der Waals surface area (Å²) in [6.45, 7) is 3.66. The molecule has 2 fully saturated rings. The maximum absolute atomic E-state index is 5.88. The van der Waals surface area contributed by atoms with E-state index in [4.69, 9.17) is 14.7 Å². The molecule has 0 amide bonds. The zero-order valence-electron chi connectivity index (χ0n) is 14.8. The van der Waals surface area contributed by atoms with Gasteiger partial charge in [-0.05, 0) is 25.8 Å². The SMILES string of the molecule is Cc1nn(C2CCCC2)c2cc(C3=NOC4(CCOCC4)C3)ccc12. The highest BCUT2D eigenvalue weighted by Gasteiger charge is 2.41. The molecule has 25 heavy (non-hydrogen) atoms. The lowest BCUT2D eigenvalue weighted by molar-refractivity contribution is -0.0919. The smallest absolute Gasteiger partial charge is 0.147 e. The number of nitrogens with zero attached hydrogens (tertiary/aromatic N) is 3. The number of oxime groups is 1. The molecule has 0 bridgehead atoms. The molecule has 2 aliphatic heterocycles. The third-order valence-electron chi connectivity index (χ3n) is 6.14. The first-order chi connectivity index (χ1) is 12.2. The predicted octanol–water partition coefficient (Wildman–Crippen LogP) is 4.13. The van der Waals surface area contributed by atoms with Crippen molar-refractivity contribution in [2.75, 3.05) is 13.2 Å². The Morgan fingerprint density at radius 3 is 2.76 bits per heavy atom. The van der Waals surface area contributed by atoms with Crippen LogP contribution in [0.5, 0.6) is 0 Å². The molecule has 5 nitrogen and oxygen atoms in total. The zero-order valence-corrected chi connectivity index (χ0v) is 14.8. The van der Waals surface area contributed by atoms with Crippen molar-refractivity contribution in [3.8, 4) is 0 Å². The molecule has 1 saturated carbocycles. The van der Waals surface area contributed by atoms with Crippen LogP contribution in [0.1, 0.15) is 62.2 Å². The summed E-state index contributed by atoms with van der Waals surface area (Å²) in [7, 11) is 0. The topological polar surface area (TPSA) is 48.6 Å². The van der Waals surface area contributed by atoms with Gasteiger partial charge in [-0.3, -0.25) is 4.68 Å². The van der Waals surface area contributed by atoms with E-state index in [1.165, 1.54) is 42.1 Å². The Kier molecular flexibility index (Phi) is 3.59. The quantitative estimate of drug-likeness (QED) is 0.826. The van der Waals surface area contributed by atoms with Crippen LogP contribution in [0.15, 0.2) is 23.4 Å². The first-order valence-electron chi connectivity index (χ1n) is 9.56. The third kappa shape index (κ3) is 2.56. The number of rotatable bonds is 2. The maximum Gasteiger partial charge on any atom is 0.147 e. The highest BCUT2D eigenvalue weighted by molar-refractivity contribution is 6.04. The van der Waals surface area contributed by atoms with E-state index >= 15 is 0 Å². The molecule has 5 heteroatoms. The van der Waals surface area contributed by atoms with E-state index in [9.17, 15) is 0 Å². The Morgan fingerprint density at radius 2 is 1.96 bits per heavy atom. The molecule has 0 atom stereocenters. The number of aromatic nitrogens is 2. The normalized spacial score (nSPS) is 23.3. The summed E-state index contributed by atoms with van der Waals surface area (Å²) in [5.74, 6) is 0. The van der Waals surface area contributed by atoms with Gasteiger partial charge in [0.05, 0.1) is 36.2 Å².